The van der Waals surface area contributed by atoms with E-state index in [4.69, 9.17) is 5.21 Å². The molecule has 1 aromatic carbocycles. The standard InChI is InChI=1S/C7H6F2N2O3/c8-5-1-2-6(11(13)14)7(9)4(5)3-10-12/h1-2,10,12H,3H2. The van der Waals surface area contributed by atoms with Crippen LogP contribution in [0.15, 0.2) is 12.1 Å². The largest absolute Gasteiger partial charge is 0.316 e. The quantitative estimate of drug-likeness (QED) is 0.575. The van der Waals surface area contributed by atoms with E-state index < -0.39 is 34.4 Å². The highest BCUT2D eigenvalue weighted by molar-refractivity contribution is 5.37. The molecular formula is C7H6F2N2O3. The molecular weight excluding hydrogens is 198 g/mol. The van der Waals surface area contributed by atoms with Gasteiger partial charge in [-0.15, -0.1) is 0 Å². The Morgan fingerprint density at radius 3 is 2.64 bits per heavy atom. The molecule has 0 spiro atoms. The van der Waals surface area contributed by atoms with Crippen LogP contribution in [0, 0.1) is 21.7 Å². The molecule has 0 saturated carbocycles. The van der Waals surface area contributed by atoms with Gasteiger partial charge in [-0.25, -0.2) is 9.87 Å². The number of nitrogens with one attached hydrogen (secondary N) is 1. The molecule has 1 rings (SSSR count). The zero-order valence-corrected chi connectivity index (χ0v) is 6.83. The van der Waals surface area contributed by atoms with Crippen molar-refractivity contribution in [1.29, 1.82) is 0 Å². The Hall–Kier alpha value is -1.60. The van der Waals surface area contributed by atoms with Gasteiger partial charge in [-0.1, -0.05) is 0 Å². The van der Waals surface area contributed by atoms with Crippen LogP contribution < -0.4 is 5.48 Å². The van der Waals surface area contributed by atoms with Crippen LogP contribution in [0.1, 0.15) is 5.56 Å². The van der Waals surface area contributed by atoms with E-state index in [1.807, 2.05) is 0 Å². The molecule has 0 radical (unpaired) electrons. The van der Waals surface area contributed by atoms with Crippen LogP contribution in [0.4, 0.5) is 14.5 Å². The van der Waals surface area contributed by atoms with Gasteiger partial charge < -0.3 is 5.21 Å². The lowest BCUT2D eigenvalue weighted by molar-refractivity contribution is -0.387. The topological polar surface area (TPSA) is 75.4 Å². The monoisotopic (exact) mass is 204 g/mol. The molecule has 76 valence electrons. The number of hydrogen-bond donors (Lipinski definition) is 2. The Balaban J connectivity index is 3.26. The second-order valence-electron chi connectivity index (χ2n) is 2.45. The summed E-state index contributed by atoms with van der Waals surface area (Å²) in [6.07, 6.45) is 0. The lowest BCUT2D eigenvalue weighted by Crippen LogP contribution is -2.11. The fraction of sp³-hybridized carbons (Fsp3) is 0.143. The van der Waals surface area contributed by atoms with Gasteiger partial charge in [-0.05, 0) is 6.07 Å². The molecule has 0 aliphatic carbocycles. The summed E-state index contributed by atoms with van der Waals surface area (Å²) in [5, 5.41) is 18.5. The Bertz CT molecular complexity index is 370. The van der Waals surface area contributed by atoms with Gasteiger partial charge in [0.15, 0.2) is 0 Å². The highest BCUT2D eigenvalue weighted by Crippen LogP contribution is 2.22. The molecule has 7 heteroatoms. The van der Waals surface area contributed by atoms with E-state index in [1.165, 1.54) is 5.48 Å². The van der Waals surface area contributed by atoms with Gasteiger partial charge >= 0.3 is 5.69 Å². The van der Waals surface area contributed by atoms with Gasteiger partial charge in [0, 0.05) is 11.6 Å². The Morgan fingerprint density at radius 1 is 1.50 bits per heavy atom. The average Bonchev–Trinajstić information content (AvgIpc) is 2.11. The van der Waals surface area contributed by atoms with Crippen LogP contribution in [-0.2, 0) is 6.54 Å². The molecule has 2 N–H and O–H groups in total. The first kappa shape index (κ1) is 10.5. The number of nitro groups is 1. The van der Waals surface area contributed by atoms with Crippen molar-refractivity contribution in [2.75, 3.05) is 0 Å². The molecule has 0 aliphatic heterocycles. The molecule has 0 bridgehead atoms. The summed E-state index contributed by atoms with van der Waals surface area (Å²) in [6.45, 7) is -0.528. The number of benzene rings is 1. The normalized spacial score (nSPS) is 10.2. The Morgan fingerprint density at radius 2 is 2.14 bits per heavy atom. The van der Waals surface area contributed by atoms with Crippen molar-refractivity contribution in [3.05, 3.63) is 39.4 Å². The van der Waals surface area contributed by atoms with Crippen molar-refractivity contribution in [3.8, 4) is 0 Å². The summed E-state index contributed by atoms with van der Waals surface area (Å²) < 4.78 is 26.0. The Kier molecular flexibility index (Phi) is 3.05. The minimum atomic E-state index is -1.28. The van der Waals surface area contributed by atoms with Crippen LogP contribution in [0.25, 0.3) is 0 Å². The van der Waals surface area contributed by atoms with E-state index in [9.17, 15) is 18.9 Å². The third-order valence-electron chi connectivity index (χ3n) is 1.62. The van der Waals surface area contributed by atoms with E-state index in [1.54, 1.807) is 0 Å². The summed E-state index contributed by atoms with van der Waals surface area (Å²) in [4.78, 5) is 9.29. The molecule has 0 aliphatic rings. The van der Waals surface area contributed by atoms with Crippen molar-refractivity contribution < 1.29 is 18.9 Å². The zero-order chi connectivity index (χ0) is 10.7. The molecule has 14 heavy (non-hydrogen) atoms. The maximum atomic E-state index is 13.1. The van der Waals surface area contributed by atoms with Crippen LogP contribution >= 0.6 is 0 Å². The minimum Gasteiger partial charge on any atom is -0.316 e. The summed E-state index contributed by atoms with van der Waals surface area (Å²) >= 11 is 0. The number of nitrogens with zero attached hydrogens (tertiary/aromatic N) is 1. The third kappa shape index (κ3) is 1.83. The third-order valence-corrected chi connectivity index (χ3v) is 1.62. The van der Waals surface area contributed by atoms with Gasteiger partial charge in [0.05, 0.1) is 11.5 Å². The molecule has 5 nitrogen and oxygen atoms in total. The van der Waals surface area contributed by atoms with Crippen molar-refractivity contribution in [1.82, 2.24) is 5.48 Å². The zero-order valence-electron chi connectivity index (χ0n) is 6.83. The molecule has 0 atom stereocenters. The van der Waals surface area contributed by atoms with Gasteiger partial charge in [0.1, 0.15) is 5.82 Å². The fourth-order valence-corrected chi connectivity index (χ4v) is 0.967. The molecule has 0 aromatic heterocycles. The van der Waals surface area contributed by atoms with Crippen LogP contribution in [-0.4, -0.2) is 10.1 Å². The molecule has 0 unspecified atom stereocenters. The van der Waals surface area contributed by atoms with Crippen molar-refractivity contribution >= 4 is 5.69 Å². The van der Waals surface area contributed by atoms with E-state index in [2.05, 4.69) is 0 Å². The molecule has 0 saturated heterocycles. The first-order valence-corrected chi connectivity index (χ1v) is 3.56. The minimum absolute atomic E-state index is 0.528. The predicted octanol–water partition coefficient (Wildman–Crippen LogP) is 1.35. The predicted molar refractivity (Wildman–Crippen MR) is 41.6 cm³/mol. The first-order valence-electron chi connectivity index (χ1n) is 3.56. The highest BCUT2D eigenvalue weighted by atomic mass is 19.1. The van der Waals surface area contributed by atoms with Gasteiger partial charge in [-0.3, -0.25) is 10.1 Å². The first-order chi connectivity index (χ1) is 6.57. The maximum Gasteiger partial charge on any atom is 0.305 e. The lowest BCUT2D eigenvalue weighted by atomic mass is 10.1. The number of hydroxylamine groups is 1. The van der Waals surface area contributed by atoms with Crippen molar-refractivity contribution in [2.24, 2.45) is 0 Å². The maximum absolute atomic E-state index is 13.1. The molecule has 1 aromatic rings. The van der Waals surface area contributed by atoms with Gasteiger partial charge in [-0.2, -0.15) is 4.39 Å². The van der Waals surface area contributed by atoms with E-state index in [0.717, 1.165) is 12.1 Å². The van der Waals surface area contributed by atoms with Gasteiger partial charge in [0.25, 0.3) is 0 Å². The van der Waals surface area contributed by atoms with Crippen LogP contribution in [0.5, 0.6) is 0 Å². The lowest BCUT2D eigenvalue weighted by Gasteiger charge is -2.03. The second-order valence-corrected chi connectivity index (χ2v) is 2.45. The van der Waals surface area contributed by atoms with Crippen LogP contribution in [0.2, 0.25) is 0 Å². The SMILES string of the molecule is O=[N+]([O-])c1ccc(F)c(CNO)c1F. The number of hydrogen-bond acceptors (Lipinski definition) is 4. The van der Waals surface area contributed by atoms with E-state index in [-0.39, 0.29) is 0 Å². The van der Waals surface area contributed by atoms with E-state index in [0.29, 0.717) is 0 Å². The van der Waals surface area contributed by atoms with Gasteiger partial charge in [0.2, 0.25) is 5.82 Å². The van der Waals surface area contributed by atoms with Crippen LogP contribution in [0.3, 0.4) is 0 Å². The molecule has 0 fully saturated rings. The number of rotatable bonds is 3. The fourth-order valence-electron chi connectivity index (χ4n) is 0.967. The summed E-state index contributed by atoms with van der Waals surface area (Å²) in [5.74, 6) is -2.23. The average molecular weight is 204 g/mol. The number of halogens is 2. The molecule has 0 heterocycles. The summed E-state index contributed by atoms with van der Waals surface area (Å²) in [5.41, 5.74) is 0.139. The Labute approximate surface area is 77.1 Å². The second kappa shape index (κ2) is 4.07. The van der Waals surface area contributed by atoms with E-state index >= 15 is 0 Å². The summed E-state index contributed by atoms with van der Waals surface area (Å²) in [7, 11) is 0. The molecule has 0 amide bonds. The summed E-state index contributed by atoms with van der Waals surface area (Å²) in [6, 6.07) is 1.50. The number of nitro benzene ring substituents is 1. The smallest absolute Gasteiger partial charge is 0.305 e. The highest BCUT2D eigenvalue weighted by Gasteiger charge is 2.20. The van der Waals surface area contributed by atoms with Crippen molar-refractivity contribution in [2.45, 2.75) is 6.54 Å². The van der Waals surface area contributed by atoms with Crippen molar-refractivity contribution in [3.63, 3.8) is 0 Å².